The molecule has 248 valence electrons. The zero-order chi connectivity index (χ0) is 33.9. The second kappa shape index (κ2) is 20.5. The molecule has 8 heteroatoms. The third-order valence-corrected chi connectivity index (χ3v) is 7.34. The lowest BCUT2D eigenvalue weighted by molar-refractivity contribution is -0.122. The Bertz CT molecular complexity index is 1500. The fourth-order valence-corrected chi connectivity index (χ4v) is 5.27. The van der Waals surface area contributed by atoms with Gasteiger partial charge in [0.15, 0.2) is 0 Å². The smallest absolute Gasteiger partial charge is 0.290 e. The summed E-state index contributed by atoms with van der Waals surface area (Å²) in [5, 5.41) is 6.89. The number of ether oxygens (including phenoxy) is 2. The van der Waals surface area contributed by atoms with Crippen molar-refractivity contribution < 1.29 is 19.4 Å². The van der Waals surface area contributed by atoms with E-state index in [4.69, 9.17) is 24.4 Å². The first-order valence-electron chi connectivity index (χ1n) is 16.3. The second-order valence-corrected chi connectivity index (χ2v) is 10.9. The van der Waals surface area contributed by atoms with Crippen molar-refractivity contribution in [2.75, 3.05) is 6.61 Å². The predicted molar refractivity (Wildman–Crippen MR) is 188 cm³/mol. The van der Waals surface area contributed by atoms with Crippen molar-refractivity contribution in [1.82, 2.24) is 9.55 Å². The Hall–Kier alpha value is -4.46. The van der Waals surface area contributed by atoms with Crippen molar-refractivity contribution in [1.29, 1.82) is 0 Å². The van der Waals surface area contributed by atoms with E-state index < -0.39 is 0 Å². The van der Waals surface area contributed by atoms with Gasteiger partial charge in [0, 0.05) is 12.0 Å². The molecule has 0 aliphatic carbocycles. The number of allylic oxidation sites excluding steroid dienone is 2. The van der Waals surface area contributed by atoms with Gasteiger partial charge < -0.3 is 14.6 Å². The molecule has 0 aliphatic heterocycles. The second-order valence-electron chi connectivity index (χ2n) is 10.9. The van der Waals surface area contributed by atoms with Crippen LogP contribution < -0.4 is 10.3 Å². The summed E-state index contributed by atoms with van der Waals surface area (Å²) in [6, 6.07) is 14.7. The molecule has 0 amide bonds. The van der Waals surface area contributed by atoms with E-state index in [1.807, 2.05) is 45.0 Å². The molecule has 3 rings (SSSR count). The Morgan fingerprint density at radius 3 is 2.17 bits per heavy atom. The molecule has 8 nitrogen and oxygen atoms in total. The van der Waals surface area contributed by atoms with Crippen LogP contribution in [0.5, 0.6) is 5.75 Å². The zero-order valence-corrected chi connectivity index (χ0v) is 28.5. The molecule has 0 fully saturated rings. The first-order chi connectivity index (χ1) is 22.3. The van der Waals surface area contributed by atoms with Crippen LogP contribution in [-0.4, -0.2) is 34.0 Å². The van der Waals surface area contributed by atoms with Gasteiger partial charge >= 0.3 is 0 Å². The number of hydrogen-bond donors (Lipinski definition) is 1. The van der Waals surface area contributed by atoms with Gasteiger partial charge in [0.1, 0.15) is 29.8 Å². The van der Waals surface area contributed by atoms with Crippen LogP contribution in [0.15, 0.2) is 70.7 Å². The molecule has 1 aromatic heterocycles. The topological polar surface area (TPSA) is 103 Å². The van der Waals surface area contributed by atoms with Crippen LogP contribution in [0.3, 0.4) is 0 Å². The fraction of sp³-hybridized carbons (Fsp3) is 0.421. The standard InChI is InChI=1S/C37H49N3O3.CH2O2/c1-8-13-21-35-34(37(41)40(28(7)39-35)27(6)38-25-33(11-4)42-12-5)24-30-22-31(17-9-2)36(32(23-30)18-10-3)43-26-29-19-15-14-16-20-29;2-1-3/h11,14-16,19-20,22-23,25H,6,8-10,12-13,17-18,21,24,26H2,1-5,7H3;1H,(H,2,3)/b33-11+,38-25-;. The predicted octanol–water partition coefficient (Wildman–Crippen LogP) is 8.11. The third kappa shape index (κ3) is 11.2. The molecule has 1 N–H and O–H groups in total. The van der Waals surface area contributed by atoms with Crippen molar-refractivity contribution in [3.8, 4) is 5.75 Å². The first-order valence-corrected chi connectivity index (χ1v) is 16.3. The number of rotatable bonds is 17. The average Bonchev–Trinajstić information content (AvgIpc) is 3.04. The van der Waals surface area contributed by atoms with Crippen LogP contribution >= 0.6 is 0 Å². The summed E-state index contributed by atoms with van der Waals surface area (Å²) in [5.74, 6) is 2.52. The highest BCUT2D eigenvalue weighted by Crippen LogP contribution is 2.31. The lowest BCUT2D eigenvalue weighted by atomic mass is 9.94. The Morgan fingerprint density at radius 1 is 1.00 bits per heavy atom. The van der Waals surface area contributed by atoms with E-state index in [9.17, 15) is 4.79 Å². The Balaban J connectivity index is 0.00000236. The van der Waals surface area contributed by atoms with Crippen molar-refractivity contribution in [2.24, 2.45) is 4.99 Å². The number of unbranched alkanes of at least 4 members (excludes halogenated alkanes) is 1. The number of aliphatic imine (C=N–C) groups is 1. The largest absolute Gasteiger partial charge is 0.493 e. The summed E-state index contributed by atoms with van der Waals surface area (Å²) in [5.41, 5.74) is 6.09. The van der Waals surface area contributed by atoms with E-state index >= 15 is 0 Å². The number of aromatic nitrogens is 2. The highest BCUT2D eigenvalue weighted by atomic mass is 16.5. The molecule has 46 heavy (non-hydrogen) atoms. The van der Waals surface area contributed by atoms with Gasteiger partial charge in [0.25, 0.3) is 12.0 Å². The Morgan fingerprint density at radius 2 is 1.63 bits per heavy atom. The van der Waals surface area contributed by atoms with E-state index in [1.54, 1.807) is 6.21 Å². The van der Waals surface area contributed by atoms with Gasteiger partial charge in [0.2, 0.25) is 0 Å². The van der Waals surface area contributed by atoms with Gasteiger partial charge in [-0.2, -0.15) is 0 Å². The zero-order valence-electron chi connectivity index (χ0n) is 28.5. The molecule has 0 radical (unpaired) electrons. The van der Waals surface area contributed by atoms with Crippen LogP contribution in [-0.2, 0) is 41.8 Å². The van der Waals surface area contributed by atoms with Gasteiger partial charge in [-0.15, -0.1) is 0 Å². The van der Waals surface area contributed by atoms with E-state index in [-0.39, 0.29) is 12.0 Å². The number of hydrogen-bond acceptors (Lipinski definition) is 6. The van der Waals surface area contributed by atoms with E-state index in [2.05, 4.69) is 56.6 Å². The quantitative estimate of drug-likeness (QED) is 0.0919. The molecule has 1 heterocycles. The number of nitrogens with zero attached hydrogens (tertiary/aromatic N) is 3. The molecule has 3 aromatic rings. The van der Waals surface area contributed by atoms with Crippen molar-refractivity contribution >= 4 is 18.5 Å². The lowest BCUT2D eigenvalue weighted by Gasteiger charge is -2.19. The maximum Gasteiger partial charge on any atom is 0.290 e. The summed E-state index contributed by atoms with van der Waals surface area (Å²) >= 11 is 0. The van der Waals surface area contributed by atoms with Gasteiger partial charge in [0.05, 0.1) is 18.5 Å². The van der Waals surface area contributed by atoms with E-state index in [0.717, 1.165) is 67.5 Å². The van der Waals surface area contributed by atoms with Gasteiger partial charge in [-0.05, 0) is 74.8 Å². The molecule has 0 bridgehead atoms. The highest BCUT2D eigenvalue weighted by molar-refractivity contribution is 5.79. The molecule has 0 saturated heterocycles. The van der Waals surface area contributed by atoms with Crippen LogP contribution in [0.1, 0.15) is 99.6 Å². The molecule has 0 spiro atoms. The Labute approximate surface area is 274 Å². The van der Waals surface area contributed by atoms with E-state index in [1.165, 1.54) is 15.7 Å². The molecule has 0 saturated carbocycles. The number of aryl methyl sites for hydroxylation is 4. The first kappa shape index (κ1) is 37.7. The monoisotopic (exact) mass is 629 g/mol. The summed E-state index contributed by atoms with van der Waals surface area (Å²) in [4.78, 5) is 31.9. The molecule has 2 aromatic carbocycles. The summed E-state index contributed by atoms with van der Waals surface area (Å²) in [6.07, 6.45) is 10.5. The summed E-state index contributed by atoms with van der Waals surface area (Å²) in [6.45, 7) is 17.1. The van der Waals surface area contributed by atoms with Crippen molar-refractivity contribution in [3.05, 3.63) is 111 Å². The minimum absolute atomic E-state index is 0.113. The average molecular weight is 630 g/mol. The normalized spacial score (nSPS) is 11.2. The maximum absolute atomic E-state index is 14.1. The van der Waals surface area contributed by atoms with E-state index in [0.29, 0.717) is 42.6 Å². The minimum Gasteiger partial charge on any atom is -0.493 e. The summed E-state index contributed by atoms with van der Waals surface area (Å²) < 4.78 is 13.6. The molecular weight excluding hydrogens is 578 g/mol. The SMILES string of the molecule is C=C(/N=C\C(=C/C)OCC)n1c(C)nc(CCCC)c(Cc2cc(CCC)c(OCc3ccccc3)c(CCC)c2)c1=O.O=CO. The number of carbonyl (C=O) groups is 1. The van der Waals surface area contributed by atoms with Crippen LogP contribution in [0, 0.1) is 6.92 Å². The third-order valence-electron chi connectivity index (χ3n) is 7.34. The molecular formula is C38H51N3O5. The van der Waals surface area contributed by atoms with Crippen LogP contribution in [0.25, 0.3) is 5.82 Å². The molecule has 0 unspecified atom stereocenters. The fourth-order valence-electron chi connectivity index (χ4n) is 5.27. The van der Waals surface area contributed by atoms with Crippen LogP contribution in [0.4, 0.5) is 0 Å². The van der Waals surface area contributed by atoms with Gasteiger partial charge in [-0.3, -0.25) is 9.59 Å². The number of carboxylic acid groups (broad SMARTS) is 1. The van der Waals surface area contributed by atoms with Gasteiger partial charge in [-0.25, -0.2) is 14.5 Å². The number of benzene rings is 2. The highest BCUT2D eigenvalue weighted by Gasteiger charge is 2.19. The minimum atomic E-state index is -0.250. The molecule has 0 aliphatic rings. The van der Waals surface area contributed by atoms with Crippen molar-refractivity contribution in [3.63, 3.8) is 0 Å². The maximum atomic E-state index is 14.1. The molecule has 0 atom stereocenters. The van der Waals surface area contributed by atoms with Crippen LogP contribution in [0.2, 0.25) is 0 Å². The lowest BCUT2D eigenvalue weighted by Crippen LogP contribution is -2.28. The van der Waals surface area contributed by atoms with Crippen molar-refractivity contribution in [2.45, 2.75) is 99.5 Å². The van der Waals surface area contributed by atoms with Gasteiger partial charge in [-0.1, -0.05) is 89.1 Å². The summed E-state index contributed by atoms with van der Waals surface area (Å²) in [7, 11) is 0. The Kier molecular flexibility index (Phi) is 16.9.